The number of amides is 1. The molecule has 1 N–H and O–H groups in total. The van der Waals surface area contributed by atoms with Crippen molar-refractivity contribution < 1.29 is 28.6 Å². The minimum Gasteiger partial charge on any atom is -0.507 e. The van der Waals surface area contributed by atoms with E-state index in [2.05, 4.69) is 0 Å². The molecule has 1 unspecified atom stereocenters. The molecule has 1 saturated heterocycles. The van der Waals surface area contributed by atoms with Crippen molar-refractivity contribution in [1.82, 2.24) is 0 Å². The van der Waals surface area contributed by atoms with Crippen LogP contribution in [0.15, 0.2) is 70.9 Å². The van der Waals surface area contributed by atoms with E-state index in [1.54, 1.807) is 54.6 Å². The van der Waals surface area contributed by atoms with E-state index in [1.165, 1.54) is 11.2 Å². The summed E-state index contributed by atoms with van der Waals surface area (Å²) in [6.07, 6.45) is 1.47. The molecule has 2 aliphatic rings. The lowest BCUT2D eigenvalue weighted by Crippen LogP contribution is -2.29. The van der Waals surface area contributed by atoms with Crippen molar-refractivity contribution in [2.45, 2.75) is 26.0 Å². The summed E-state index contributed by atoms with van der Waals surface area (Å²) in [5.41, 5.74) is 1.66. The van der Waals surface area contributed by atoms with Crippen molar-refractivity contribution in [3.63, 3.8) is 0 Å². The number of hydrogen-bond donors (Lipinski definition) is 1. The van der Waals surface area contributed by atoms with Gasteiger partial charge in [-0.1, -0.05) is 0 Å². The fourth-order valence-corrected chi connectivity index (χ4v) is 4.43. The van der Waals surface area contributed by atoms with E-state index < -0.39 is 17.7 Å². The Hall–Kier alpha value is -4.20. The number of ether oxygens (including phenoxy) is 2. The van der Waals surface area contributed by atoms with Gasteiger partial charge in [-0.2, -0.15) is 0 Å². The number of nitrogens with zero attached hydrogens (tertiary/aromatic N) is 2. The van der Waals surface area contributed by atoms with Crippen molar-refractivity contribution >= 4 is 28.8 Å². The second-order valence-electron chi connectivity index (χ2n) is 8.80. The van der Waals surface area contributed by atoms with Crippen LogP contribution in [0.1, 0.15) is 31.2 Å². The first-order valence-corrected chi connectivity index (χ1v) is 11.4. The molecule has 1 fully saturated rings. The molecular weight excluding hydrogens is 448 g/mol. The molecule has 0 bridgehead atoms. The number of benzene rings is 2. The van der Waals surface area contributed by atoms with Crippen LogP contribution in [0, 0.1) is 0 Å². The fraction of sp³-hybridized carbons (Fsp3) is 0.259. The SMILES string of the molecule is CC(C)Oc1ccc(N2C(=O)C(=O)/C(=C(\O)c3ccc4c(c3)N(C)CCO4)C2c2ccco2)cc1. The molecule has 1 amide bonds. The molecule has 5 rings (SSSR count). The van der Waals surface area contributed by atoms with Gasteiger partial charge in [-0.15, -0.1) is 0 Å². The van der Waals surface area contributed by atoms with Gasteiger partial charge in [0.05, 0.1) is 30.2 Å². The van der Waals surface area contributed by atoms with Crippen molar-refractivity contribution in [1.29, 1.82) is 0 Å². The summed E-state index contributed by atoms with van der Waals surface area (Å²) in [5.74, 6) is -0.0876. The van der Waals surface area contributed by atoms with E-state index in [-0.39, 0.29) is 17.4 Å². The molecule has 0 aliphatic carbocycles. The number of anilines is 2. The topological polar surface area (TPSA) is 92.5 Å². The molecule has 8 heteroatoms. The number of aliphatic hydroxyl groups excluding tert-OH is 1. The molecule has 0 saturated carbocycles. The maximum atomic E-state index is 13.3. The zero-order valence-electron chi connectivity index (χ0n) is 19.7. The van der Waals surface area contributed by atoms with Crippen LogP contribution in [0.2, 0.25) is 0 Å². The first-order chi connectivity index (χ1) is 16.8. The quantitative estimate of drug-likeness (QED) is 0.330. The van der Waals surface area contributed by atoms with Gasteiger partial charge in [0.25, 0.3) is 11.7 Å². The van der Waals surface area contributed by atoms with Crippen molar-refractivity contribution in [3.8, 4) is 11.5 Å². The summed E-state index contributed by atoms with van der Waals surface area (Å²) in [5, 5.41) is 11.3. The Labute approximate surface area is 203 Å². The molecule has 2 aliphatic heterocycles. The smallest absolute Gasteiger partial charge is 0.300 e. The first-order valence-electron chi connectivity index (χ1n) is 11.4. The highest BCUT2D eigenvalue weighted by molar-refractivity contribution is 6.51. The minimum atomic E-state index is -0.924. The Balaban J connectivity index is 1.61. The van der Waals surface area contributed by atoms with E-state index in [0.717, 1.165) is 5.69 Å². The van der Waals surface area contributed by atoms with Crippen LogP contribution in [0.3, 0.4) is 0 Å². The first kappa shape index (κ1) is 22.6. The zero-order chi connectivity index (χ0) is 24.7. The lowest BCUT2D eigenvalue weighted by molar-refractivity contribution is -0.132. The molecule has 180 valence electrons. The van der Waals surface area contributed by atoms with Gasteiger partial charge in [-0.25, -0.2) is 0 Å². The summed E-state index contributed by atoms with van der Waals surface area (Å²) >= 11 is 0. The molecule has 0 radical (unpaired) electrons. The number of hydrogen-bond acceptors (Lipinski definition) is 7. The molecule has 3 aromatic rings. The lowest BCUT2D eigenvalue weighted by atomic mass is 9.98. The van der Waals surface area contributed by atoms with Gasteiger partial charge in [0.15, 0.2) is 0 Å². The van der Waals surface area contributed by atoms with E-state index in [4.69, 9.17) is 13.9 Å². The lowest BCUT2D eigenvalue weighted by Gasteiger charge is -2.28. The number of aliphatic hydroxyl groups is 1. The highest BCUT2D eigenvalue weighted by atomic mass is 16.5. The number of carbonyl (C=O) groups is 2. The maximum Gasteiger partial charge on any atom is 0.300 e. The maximum absolute atomic E-state index is 13.3. The Morgan fingerprint density at radius 1 is 1.11 bits per heavy atom. The largest absolute Gasteiger partial charge is 0.507 e. The third kappa shape index (κ3) is 4.01. The molecule has 35 heavy (non-hydrogen) atoms. The van der Waals surface area contributed by atoms with Crippen molar-refractivity contribution in [2.24, 2.45) is 0 Å². The Kier molecular flexibility index (Phi) is 5.72. The molecule has 1 atom stereocenters. The third-order valence-corrected chi connectivity index (χ3v) is 6.07. The second kappa shape index (κ2) is 8.87. The van der Waals surface area contributed by atoms with E-state index in [0.29, 0.717) is 41.7 Å². The van der Waals surface area contributed by atoms with E-state index >= 15 is 0 Å². The number of Topliss-reactive ketones (excluding diaryl/α,β-unsaturated/α-hetero) is 1. The Morgan fingerprint density at radius 2 is 1.89 bits per heavy atom. The normalized spacial score (nSPS) is 19.1. The molecule has 2 aromatic carbocycles. The van der Waals surface area contributed by atoms with Gasteiger partial charge in [0, 0.05) is 18.3 Å². The summed E-state index contributed by atoms with van der Waals surface area (Å²) in [4.78, 5) is 29.9. The van der Waals surface area contributed by atoms with Gasteiger partial charge in [0.1, 0.15) is 35.7 Å². The Bertz CT molecular complexity index is 1290. The molecular formula is C27H26N2O6. The van der Waals surface area contributed by atoms with Gasteiger partial charge in [0.2, 0.25) is 0 Å². The number of carbonyl (C=O) groups excluding carboxylic acids is 2. The average molecular weight is 475 g/mol. The van der Waals surface area contributed by atoms with E-state index in [9.17, 15) is 14.7 Å². The molecule has 1 aromatic heterocycles. The number of fused-ring (bicyclic) bond motifs is 1. The standard InChI is InChI=1S/C27H26N2O6/c1-16(2)35-19-9-7-18(8-10-19)29-24(22-5-4-13-33-22)23(26(31)27(29)32)25(30)17-6-11-21-20(15-17)28(3)12-14-34-21/h4-11,13,15-16,24,30H,12,14H2,1-3H3/b25-23-. The van der Waals surface area contributed by atoms with Crippen LogP contribution in [0.25, 0.3) is 5.76 Å². The minimum absolute atomic E-state index is 0.000686. The summed E-state index contributed by atoms with van der Waals surface area (Å²) < 4.78 is 17.0. The second-order valence-corrected chi connectivity index (χ2v) is 8.80. The van der Waals surface area contributed by atoms with Gasteiger partial charge >= 0.3 is 0 Å². The molecule has 3 heterocycles. The van der Waals surface area contributed by atoms with Crippen LogP contribution in [0.5, 0.6) is 11.5 Å². The van der Waals surface area contributed by atoms with Crippen molar-refractivity contribution in [3.05, 3.63) is 77.8 Å². The summed E-state index contributed by atoms with van der Waals surface area (Å²) in [6.45, 7) is 5.12. The monoisotopic (exact) mass is 474 g/mol. The van der Waals surface area contributed by atoms with Gasteiger partial charge in [-0.05, 0) is 68.4 Å². The van der Waals surface area contributed by atoms with Gasteiger partial charge < -0.3 is 23.9 Å². The number of ketones is 1. The van der Waals surface area contributed by atoms with Crippen LogP contribution >= 0.6 is 0 Å². The highest BCUT2D eigenvalue weighted by Gasteiger charge is 2.48. The molecule has 8 nitrogen and oxygen atoms in total. The summed E-state index contributed by atoms with van der Waals surface area (Å²) in [6, 6.07) is 14.5. The zero-order valence-corrected chi connectivity index (χ0v) is 19.7. The van der Waals surface area contributed by atoms with Crippen LogP contribution in [0.4, 0.5) is 11.4 Å². The third-order valence-electron chi connectivity index (χ3n) is 6.07. The van der Waals surface area contributed by atoms with Crippen LogP contribution in [-0.4, -0.2) is 43.1 Å². The molecule has 0 spiro atoms. The fourth-order valence-electron chi connectivity index (χ4n) is 4.43. The van der Waals surface area contributed by atoms with Crippen molar-refractivity contribution in [2.75, 3.05) is 30.0 Å². The average Bonchev–Trinajstić information content (AvgIpc) is 3.46. The number of likely N-dealkylation sites (N-methyl/N-ethyl adjacent to an activating group) is 1. The summed E-state index contributed by atoms with van der Waals surface area (Å²) in [7, 11) is 1.93. The Morgan fingerprint density at radius 3 is 2.57 bits per heavy atom. The van der Waals surface area contributed by atoms with Crippen LogP contribution in [-0.2, 0) is 9.59 Å². The number of rotatable bonds is 5. The highest BCUT2D eigenvalue weighted by Crippen LogP contribution is 2.43. The van der Waals surface area contributed by atoms with E-state index in [1.807, 2.05) is 25.8 Å². The van der Waals surface area contributed by atoms with Gasteiger partial charge in [-0.3, -0.25) is 14.5 Å². The van der Waals surface area contributed by atoms with Crippen LogP contribution < -0.4 is 19.3 Å². The predicted octanol–water partition coefficient (Wildman–Crippen LogP) is 4.52. The number of furan rings is 1. The predicted molar refractivity (Wildman–Crippen MR) is 131 cm³/mol.